The van der Waals surface area contributed by atoms with E-state index in [1.165, 1.54) is 23.9 Å². The fourth-order valence-corrected chi connectivity index (χ4v) is 2.69. The lowest BCUT2D eigenvalue weighted by molar-refractivity contribution is -0.141. The Morgan fingerprint density at radius 3 is 2.61 bits per heavy atom. The van der Waals surface area contributed by atoms with Crippen molar-refractivity contribution in [3.8, 4) is 0 Å². The first-order valence-corrected chi connectivity index (χ1v) is 6.48. The van der Waals surface area contributed by atoms with Gasteiger partial charge in [0.25, 0.3) is 0 Å². The Morgan fingerprint density at radius 1 is 1.33 bits per heavy atom. The predicted molar refractivity (Wildman–Crippen MR) is 72.9 cm³/mol. The van der Waals surface area contributed by atoms with E-state index >= 15 is 0 Å². The molecule has 0 saturated carbocycles. The van der Waals surface area contributed by atoms with E-state index in [9.17, 15) is 4.79 Å². The van der Waals surface area contributed by atoms with Gasteiger partial charge in [0, 0.05) is 18.8 Å². The van der Waals surface area contributed by atoms with Crippen LogP contribution in [0.15, 0.2) is 18.2 Å². The molecule has 0 aromatic heterocycles. The molecule has 0 aliphatic carbocycles. The van der Waals surface area contributed by atoms with Crippen molar-refractivity contribution >= 4 is 11.7 Å². The number of anilines is 1. The molecule has 98 valence electrons. The highest BCUT2D eigenvalue weighted by Crippen LogP contribution is 2.27. The number of carbonyl (C=O) groups is 1. The molecule has 0 bridgehead atoms. The molecule has 1 heterocycles. The average molecular weight is 247 g/mol. The summed E-state index contributed by atoms with van der Waals surface area (Å²) < 4.78 is 4.73. The summed E-state index contributed by atoms with van der Waals surface area (Å²) in [6.07, 6.45) is 1.61. The monoisotopic (exact) mass is 247 g/mol. The molecule has 1 aliphatic heterocycles. The molecule has 2 rings (SSSR count). The molecule has 0 radical (unpaired) electrons. The second-order valence-corrected chi connectivity index (χ2v) is 5.23. The van der Waals surface area contributed by atoms with Gasteiger partial charge in [-0.05, 0) is 49.4 Å². The minimum atomic E-state index is -0.0951. The van der Waals surface area contributed by atoms with Crippen LogP contribution in [0.25, 0.3) is 0 Å². The Bertz CT molecular complexity index is 422. The molecule has 1 aliphatic rings. The third-order valence-electron chi connectivity index (χ3n) is 3.54. The molecular weight excluding hydrogens is 226 g/mol. The van der Waals surface area contributed by atoms with Gasteiger partial charge in [-0.3, -0.25) is 4.79 Å². The highest BCUT2D eigenvalue weighted by atomic mass is 16.5. The number of nitrogens with zero attached hydrogens (tertiary/aromatic N) is 1. The highest BCUT2D eigenvalue weighted by Gasteiger charge is 2.25. The van der Waals surface area contributed by atoms with E-state index in [-0.39, 0.29) is 5.97 Å². The molecule has 0 N–H and O–H groups in total. The van der Waals surface area contributed by atoms with Gasteiger partial charge in [-0.25, -0.2) is 0 Å². The van der Waals surface area contributed by atoms with Gasteiger partial charge in [-0.2, -0.15) is 0 Å². The van der Waals surface area contributed by atoms with Crippen LogP contribution in [0.3, 0.4) is 0 Å². The van der Waals surface area contributed by atoms with Crippen molar-refractivity contribution in [2.45, 2.75) is 26.7 Å². The van der Waals surface area contributed by atoms with Crippen LogP contribution in [0.2, 0.25) is 0 Å². The summed E-state index contributed by atoms with van der Waals surface area (Å²) in [6.45, 7) is 6.24. The Kier molecular flexibility index (Phi) is 3.90. The zero-order valence-corrected chi connectivity index (χ0v) is 11.4. The maximum absolute atomic E-state index is 11.3. The molecule has 1 saturated heterocycles. The van der Waals surface area contributed by atoms with Crippen molar-refractivity contribution in [2.75, 3.05) is 25.1 Å². The Labute approximate surface area is 109 Å². The number of ether oxygens (including phenoxy) is 1. The van der Waals surface area contributed by atoms with E-state index in [1.54, 1.807) is 0 Å². The van der Waals surface area contributed by atoms with Crippen molar-refractivity contribution < 1.29 is 9.53 Å². The van der Waals surface area contributed by atoms with Crippen molar-refractivity contribution in [3.05, 3.63) is 29.3 Å². The fraction of sp³-hybridized carbons (Fsp3) is 0.533. The summed E-state index contributed by atoms with van der Waals surface area (Å²) >= 11 is 0. The first-order chi connectivity index (χ1) is 8.58. The molecule has 3 nitrogen and oxygen atoms in total. The van der Waals surface area contributed by atoms with E-state index in [4.69, 9.17) is 4.74 Å². The number of aryl methyl sites for hydroxylation is 2. The first kappa shape index (κ1) is 12.9. The lowest BCUT2D eigenvalue weighted by Gasteiger charge is -2.19. The van der Waals surface area contributed by atoms with Gasteiger partial charge in [0.2, 0.25) is 0 Å². The number of methoxy groups -OCH3 is 1. The second-order valence-electron chi connectivity index (χ2n) is 5.23. The Hall–Kier alpha value is -1.51. The van der Waals surface area contributed by atoms with Crippen LogP contribution in [-0.2, 0) is 9.53 Å². The molecule has 1 fully saturated rings. The molecule has 18 heavy (non-hydrogen) atoms. The topological polar surface area (TPSA) is 29.5 Å². The molecule has 0 spiro atoms. The Morgan fingerprint density at radius 2 is 2.00 bits per heavy atom. The summed E-state index contributed by atoms with van der Waals surface area (Å²) in [5.41, 5.74) is 3.86. The zero-order chi connectivity index (χ0) is 13.1. The largest absolute Gasteiger partial charge is 0.469 e. The second kappa shape index (κ2) is 5.42. The van der Waals surface area contributed by atoms with Crippen LogP contribution < -0.4 is 4.90 Å². The molecular formula is C15H21NO2. The van der Waals surface area contributed by atoms with Crippen molar-refractivity contribution in [3.63, 3.8) is 0 Å². The third-order valence-corrected chi connectivity index (χ3v) is 3.54. The van der Waals surface area contributed by atoms with E-state index in [1.807, 2.05) is 0 Å². The van der Waals surface area contributed by atoms with Gasteiger partial charge in [-0.1, -0.05) is 6.07 Å². The molecule has 3 heteroatoms. The number of hydrogen-bond acceptors (Lipinski definition) is 3. The van der Waals surface area contributed by atoms with Gasteiger partial charge in [0.1, 0.15) is 0 Å². The quantitative estimate of drug-likeness (QED) is 0.769. The van der Waals surface area contributed by atoms with Crippen LogP contribution in [0.4, 0.5) is 5.69 Å². The Balaban J connectivity index is 2.01. The maximum Gasteiger partial charge on any atom is 0.305 e. The van der Waals surface area contributed by atoms with Gasteiger partial charge >= 0.3 is 5.97 Å². The minimum absolute atomic E-state index is 0.0951. The lowest BCUT2D eigenvalue weighted by atomic mass is 10.1. The number of carbonyl (C=O) groups excluding carboxylic acids is 1. The number of benzene rings is 1. The standard InChI is InChI=1S/C15H21NO2/c1-11-6-12(2)8-14(7-11)16-5-4-13(10-16)9-15(17)18-3/h6-8,13H,4-5,9-10H2,1-3H3. The summed E-state index contributed by atoms with van der Waals surface area (Å²) in [6, 6.07) is 6.62. The minimum Gasteiger partial charge on any atom is -0.469 e. The maximum atomic E-state index is 11.3. The number of hydrogen-bond donors (Lipinski definition) is 0. The molecule has 0 amide bonds. The van der Waals surface area contributed by atoms with Crippen LogP contribution in [-0.4, -0.2) is 26.2 Å². The van der Waals surface area contributed by atoms with E-state index in [2.05, 4.69) is 36.9 Å². The zero-order valence-electron chi connectivity index (χ0n) is 11.4. The molecule has 1 aromatic carbocycles. The molecule has 1 atom stereocenters. The van der Waals surface area contributed by atoms with Crippen LogP contribution in [0, 0.1) is 19.8 Å². The average Bonchev–Trinajstić information content (AvgIpc) is 2.76. The summed E-state index contributed by atoms with van der Waals surface area (Å²) in [7, 11) is 1.46. The molecule has 1 aromatic rings. The number of rotatable bonds is 3. The predicted octanol–water partition coefficient (Wildman–Crippen LogP) is 2.69. The van der Waals surface area contributed by atoms with E-state index in [0.717, 1.165) is 19.5 Å². The molecule has 1 unspecified atom stereocenters. The van der Waals surface area contributed by atoms with E-state index < -0.39 is 0 Å². The van der Waals surface area contributed by atoms with Crippen LogP contribution in [0.5, 0.6) is 0 Å². The van der Waals surface area contributed by atoms with Gasteiger partial charge in [0.05, 0.1) is 13.5 Å². The number of esters is 1. The summed E-state index contributed by atoms with van der Waals surface area (Å²) in [4.78, 5) is 13.6. The van der Waals surface area contributed by atoms with Gasteiger partial charge in [0.15, 0.2) is 0 Å². The van der Waals surface area contributed by atoms with Crippen LogP contribution >= 0.6 is 0 Å². The van der Waals surface area contributed by atoms with Crippen LogP contribution in [0.1, 0.15) is 24.0 Å². The van der Waals surface area contributed by atoms with Crippen molar-refractivity contribution in [1.82, 2.24) is 0 Å². The van der Waals surface area contributed by atoms with E-state index in [0.29, 0.717) is 12.3 Å². The lowest BCUT2D eigenvalue weighted by Crippen LogP contribution is -2.20. The first-order valence-electron chi connectivity index (χ1n) is 6.48. The van der Waals surface area contributed by atoms with Crippen molar-refractivity contribution in [2.24, 2.45) is 5.92 Å². The third kappa shape index (κ3) is 3.03. The fourth-order valence-electron chi connectivity index (χ4n) is 2.69. The van der Waals surface area contributed by atoms with Gasteiger partial charge in [-0.15, -0.1) is 0 Å². The summed E-state index contributed by atoms with van der Waals surface area (Å²) in [5, 5.41) is 0. The highest BCUT2D eigenvalue weighted by molar-refractivity contribution is 5.69. The van der Waals surface area contributed by atoms with Gasteiger partial charge < -0.3 is 9.64 Å². The van der Waals surface area contributed by atoms with Crippen molar-refractivity contribution in [1.29, 1.82) is 0 Å². The summed E-state index contributed by atoms with van der Waals surface area (Å²) in [5.74, 6) is 0.334. The smallest absolute Gasteiger partial charge is 0.305 e. The SMILES string of the molecule is COC(=O)CC1CCN(c2cc(C)cc(C)c2)C1. The normalized spacial score (nSPS) is 19.1.